The lowest BCUT2D eigenvalue weighted by Gasteiger charge is -2.33. The fourth-order valence-corrected chi connectivity index (χ4v) is 2.73. The number of hydrogen-bond acceptors (Lipinski definition) is 5. The summed E-state index contributed by atoms with van der Waals surface area (Å²) in [5.74, 6) is 1.18. The van der Waals surface area contributed by atoms with E-state index in [1.54, 1.807) is 6.20 Å². The van der Waals surface area contributed by atoms with E-state index in [4.69, 9.17) is 5.73 Å². The lowest BCUT2D eigenvalue weighted by molar-refractivity contribution is 0.146. The smallest absolute Gasteiger partial charge is 0.280 e. The predicted octanol–water partition coefficient (Wildman–Crippen LogP) is 3.29. The molecule has 0 aromatic carbocycles. The Morgan fingerprint density at radius 1 is 1.26 bits per heavy atom. The van der Waals surface area contributed by atoms with Gasteiger partial charge in [-0.05, 0) is 38.8 Å². The molecule has 0 aliphatic heterocycles. The Morgan fingerprint density at radius 2 is 2.00 bits per heavy atom. The molecule has 0 atom stereocenters. The van der Waals surface area contributed by atoms with Crippen molar-refractivity contribution in [3.8, 4) is 0 Å². The van der Waals surface area contributed by atoms with Crippen molar-refractivity contribution in [2.45, 2.75) is 51.2 Å². The van der Waals surface area contributed by atoms with Crippen LogP contribution in [0.4, 0.5) is 20.4 Å². The maximum atomic E-state index is 13.0. The number of aromatic nitrogens is 2. The minimum atomic E-state index is -2.61. The molecule has 1 saturated carbocycles. The van der Waals surface area contributed by atoms with Gasteiger partial charge in [0.15, 0.2) is 0 Å². The molecule has 0 saturated heterocycles. The monoisotopic (exact) mass is 321 g/mol. The van der Waals surface area contributed by atoms with Gasteiger partial charge in [0, 0.05) is 35.1 Å². The molecule has 124 valence electrons. The number of pyridine rings is 2. The fourth-order valence-electron chi connectivity index (χ4n) is 2.73. The largest absolute Gasteiger partial charge is 0.367 e. The first-order valence-corrected chi connectivity index (χ1v) is 7.80. The van der Waals surface area contributed by atoms with Crippen LogP contribution in [0.3, 0.4) is 0 Å². The second-order valence-corrected chi connectivity index (χ2v) is 6.36. The van der Waals surface area contributed by atoms with Crippen LogP contribution in [0.2, 0.25) is 0 Å². The lowest BCUT2D eigenvalue weighted by Crippen LogP contribution is -2.44. The third kappa shape index (κ3) is 3.50. The number of nitrogens with one attached hydrogen (secondary N) is 2. The van der Waals surface area contributed by atoms with Crippen molar-refractivity contribution >= 4 is 22.4 Å². The van der Waals surface area contributed by atoms with E-state index in [1.165, 1.54) is 6.07 Å². The van der Waals surface area contributed by atoms with Crippen molar-refractivity contribution in [3.05, 3.63) is 24.0 Å². The number of nitrogens with zero attached hydrogens (tertiary/aromatic N) is 2. The van der Waals surface area contributed by atoms with E-state index in [0.717, 1.165) is 18.2 Å². The molecule has 4 N–H and O–H groups in total. The van der Waals surface area contributed by atoms with Gasteiger partial charge in [0.1, 0.15) is 17.3 Å². The molecule has 2 aromatic heterocycles. The molecule has 1 aliphatic rings. The zero-order valence-corrected chi connectivity index (χ0v) is 13.2. The Morgan fingerprint density at radius 3 is 2.61 bits per heavy atom. The van der Waals surface area contributed by atoms with Crippen molar-refractivity contribution < 1.29 is 8.78 Å². The molecule has 0 radical (unpaired) electrons. The topological polar surface area (TPSA) is 75.9 Å². The van der Waals surface area contributed by atoms with E-state index in [9.17, 15) is 8.78 Å². The molecule has 0 bridgehead atoms. The van der Waals surface area contributed by atoms with E-state index in [0.29, 0.717) is 23.1 Å². The van der Waals surface area contributed by atoms with Crippen molar-refractivity contribution in [1.82, 2.24) is 9.97 Å². The Bertz CT molecular complexity index is 698. The van der Waals surface area contributed by atoms with Crippen LogP contribution in [0.25, 0.3) is 10.8 Å². The standard InChI is InChI=1S/C16H21F2N5/c1-8(2)21-16-12-6-14(22-11-4-10(19)5-11)20-7-9(12)3-13(23-16)15(17)18/h3,6-8,10-11,15H,4-5,19H2,1-2H3,(H,20,22)(H,21,23). The summed E-state index contributed by atoms with van der Waals surface area (Å²) in [7, 11) is 0. The Hall–Kier alpha value is -2.02. The highest BCUT2D eigenvalue weighted by molar-refractivity contribution is 5.93. The molecule has 0 unspecified atom stereocenters. The van der Waals surface area contributed by atoms with E-state index in [-0.39, 0.29) is 17.8 Å². The molecule has 2 aromatic rings. The minimum Gasteiger partial charge on any atom is -0.367 e. The van der Waals surface area contributed by atoms with Gasteiger partial charge < -0.3 is 16.4 Å². The molecular formula is C16H21F2N5. The van der Waals surface area contributed by atoms with Crippen LogP contribution in [-0.4, -0.2) is 28.1 Å². The Balaban J connectivity index is 1.96. The summed E-state index contributed by atoms with van der Waals surface area (Å²) in [4.78, 5) is 8.39. The van der Waals surface area contributed by atoms with Gasteiger partial charge in [-0.1, -0.05) is 0 Å². The minimum absolute atomic E-state index is 0.0906. The van der Waals surface area contributed by atoms with E-state index < -0.39 is 6.43 Å². The predicted molar refractivity (Wildman–Crippen MR) is 87.9 cm³/mol. The third-order valence-electron chi connectivity index (χ3n) is 3.91. The zero-order chi connectivity index (χ0) is 16.6. The van der Waals surface area contributed by atoms with Crippen LogP contribution in [-0.2, 0) is 0 Å². The van der Waals surface area contributed by atoms with Crippen molar-refractivity contribution in [2.24, 2.45) is 5.73 Å². The molecule has 7 heteroatoms. The zero-order valence-electron chi connectivity index (χ0n) is 13.2. The summed E-state index contributed by atoms with van der Waals surface area (Å²) in [6.45, 7) is 3.89. The van der Waals surface area contributed by atoms with Crippen LogP contribution in [0.1, 0.15) is 38.8 Å². The number of fused-ring (bicyclic) bond motifs is 1. The van der Waals surface area contributed by atoms with E-state index >= 15 is 0 Å². The quantitative estimate of drug-likeness (QED) is 0.788. The number of anilines is 2. The summed E-state index contributed by atoms with van der Waals surface area (Å²) in [6, 6.07) is 3.91. The molecule has 1 aliphatic carbocycles. The van der Waals surface area contributed by atoms with Gasteiger partial charge in [-0.25, -0.2) is 18.7 Å². The van der Waals surface area contributed by atoms with Crippen molar-refractivity contribution in [3.63, 3.8) is 0 Å². The first-order chi connectivity index (χ1) is 10.9. The van der Waals surface area contributed by atoms with Gasteiger partial charge >= 0.3 is 0 Å². The average molecular weight is 321 g/mol. The van der Waals surface area contributed by atoms with E-state index in [2.05, 4.69) is 20.6 Å². The summed E-state index contributed by atoms with van der Waals surface area (Å²) in [5, 5.41) is 7.89. The van der Waals surface area contributed by atoms with Gasteiger partial charge in [-0.15, -0.1) is 0 Å². The van der Waals surface area contributed by atoms with Gasteiger partial charge in [-0.2, -0.15) is 0 Å². The van der Waals surface area contributed by atoms with Crippen LogP contribution in [0.5, 0.6) is 0 Å². The lowest BCUT2D eigenvalue weighted by atomic mass is 9.88. The number of rotatable bonds is 5. The highest BCUT2D eigenvalue weighted by Gasteiger charge is 2.26. The second kappa shape index (κ2) is 6.23. The van der Waals surface area contributed by atoms with Gasteiger partial charge in [0.05, 0.1) is 0 Å². The van der Waals surface area contributed by atoms with Crippen molar-refractivity contribution in [2.75, 3.05) is 10.6 Å². The van der Waals surface area contributed by atoms with E-state index in [1.807, 2.05) is 19.9 Å². The SMILES string of the molecule is CC(C)Nc1nc(C(F)F)cc2cnc(NC3CC(N)C3)cc12. The summed E-state index contributed by atoms with van der Waals surface area (Å²) >= 11 is 0. The maximum Gasteiger partial charge on any atom is 0.280 e. The molecular weight excluding hydrogens is 300 g/mol. The Labute approximate surface area is 133 Å². The van der Waals surface area contributed by atoms with Crippen LogP contribution >= 0.6 is 0 Å². The summed E-state index contributed by atoms with van der Waals surface area (Å²) in [6.07, 6.45) is 0.829. The first-order valence-electron chi connectivity index (χ1n) is 7.80. The van der Waals surface area contributed by atoms with Crippen molar-refractivity contribution in [1.29, 1.82) is 0 Å². The highest BCUT2D eigenvalue weighted by atomic mass is 19.3. The third-order valence-corrected chi connectivity index (χ3v) is 3.91. The van der Waals surface area contributed by atoms with Gasteiger partial charge in [0.2, 0.25) is 0 Å². The number of hydrogen-bond donors (Lipinski definition) is 3. The molecule has 23 heavy (non-hydrogen) atoms. The maximum absolute atomic E-state index is 13.0. The molecule has 5 nitrogen and oxygen atoms in total. The number of alkyl halides is 2. The van der Waals surface area contributed by atoms with Gasteiger partial charge in [0.25, 0.3) is 6.43 Å². The molecule has 0 amide bonds. The number of nitrogens with two attached hydrogens (primary N) is 1. The molecule has 2 heterocycles. The normalized spacial score (nSPS) is 20.8. The average Bonchev–Trinajstić information content (AvgIpc) is 2.45. The molecule has 0 spiro atoms. The highest BCUT2D eigenvalue weighted by Crippen LogP contribution is 2.30. The Kier molecular flexibility index (Phi) is 4.30. The fraction of sp³-hybridized carbons (Fsp3) is 0.500. The number of halogens is 2. The second-order valence-electron chi connectivity index (χ2n) is 6.36. The van der Waals surface area contributed by atoms with Crippen LogP contribution < -0.4 is 16.4 Å². The first kappa shape index (κ1) is 15.9. The van der Waals surface area contributed by atoms with Crippen LogP contribution in [0.15, 0.2) is 18.3 Å². The van der Waals surface area contributed by atoms with Gasteiger partial charge in [-0.3, -0.25) is 0 Å². The summed E-state index contributed by atoms with van der Waals surface area (Å²) in [5.41, 5.74) is 5.54. The summed E-state index contributed by atoms with van der Waals surface area (Å²) < 4.78 is 26.0. The molecule has 1 fully saturated rings. The molecule has 3 rings (SSSR count). The van der Waals surface area contributed by atoms with Crippen LogP contribution in [0, 0.1) is 0 Å².